The second-order valence-electron chi connectivity index (χ2n) is 6.04. The molecular formula is C18H18ClFN2S. The molecule has 23 heavy (non-hydrogen) atoms. The predicted molar refractivity (Wildman–Crippen MR) is 92.9 cm³/mol. The lowest BCUT2D eigenvalue weighted by atomic mass is 9.96. The van der Waals surface area contributed by atoms with Gasteiger partial charge in [0.25, 0.3) is 0 Å². The van der Waals surface area contributed by atoms with Crippen molar-refractivity contribution >= 4 is 23.4 Å². The van der Waals surface area contributed by atoms with Crippen molar-refractivity contribution in [3.63, 3.8) is 0 Å². The van der Waals surface area contributed by atoms with Gasteiger partial charge in [-0.1, -0.05) is 29.4 Å². The van der Waals surface area contributed by atoms with Gasteiger partial charge in [-0.05, 0) is 47.9 Å². The molecule has 1 unspecified atom stereocenters. The monoisotopic (exact) mass is 348 g/mol. The zero-order valence-corrected chi connectivity index (χ0v) is 14.3. The highest BCUT2D eigenvalue weighted by Crippen LogP contribution is 2.43. The molecule has 0 saturated carbocycles. The number of benzene rings is 2. The van der Waals surface area contributed by atoms with Crippen LogP contribution in [-0.4, -0.2) is 31.1 Å². The van der Waals surface area contributed by atoms with Gasteiger partial charge in [-0.25, -0.2) is 4.39 Å². The Morgan fingerprint density at radius 1 is 1.09 bits per heavy atom. The van der Waals surface area contributed by atoms with Crippen LogP contribution in [0.4, 0.5) is 4.39 Å². The molecule has 2 aliphatic rings. The van der Waals surface area contributed by atoms with Crippen molar-refractivity contribution in [3.05, 3.63) is 58.4 Å². The number of nitrogens with zero attached hydrogens (tertiary/aromatic N) is 1. The van der Waals surface area contributed by atoms with E-state index in [0.717, 1.165) is 42.5 Å². The fourth-order valence-electron chi connectivity index (χ4n) is 3.44. The van der Waals surface area contributed by atoms with Crippen LogP contribution in [0.2, 0.25) is 5.02 Å². The van der Waals surface area contributed by atoms with Crippen LogP contribution in [-0.2, 0) is 6.42 Å². The largest absolute Gasteiger partial charge is 0.314 e. The molecule has 1 atom stereocenters. The molecule has 2 aromatic rings. The second-order valence-corrected chi connectivity index (χ2v) is 7.56. The Bertz CT molecular complexity index is 731. The average molecular weight is 349 g/mol. The minimum absolute atomic E-state index is 0.173. The highest BCUT2D eigenvalue weighted by molar-refractivity contribution is 7.99. The van der Waals surface area contributed by atoms with Crippen molar-refractivity contribution in [2.24, 2.45) is 0 Å². The third kappa shape index (κ3) is 3.13. The van der Waals surface area contributed by atoms with Crippen molar-refractivity contribution in [2.75, 3.05) is 26.2 Å². The predicted octanol–water partition coefficient (Wildman–Crippen LogP) is 4.13. The van der Waals surface area contributed by atoms with Crippen LogP contribution in [0.25, 0.3) is 0 Å². The number of nitrogens with one attached hydrogen (secondary N) is 1. The fourth-order valence-corrected chi connectivity index (χ4v) is 4.77. The number of halogens is 2. The minimum Gasteiger partial charge on any atom is -0.314 e. The van der Waals surface area contributed by atoms with E-state index in [-0.39, 0.29) is 11.9 Å². The first-order valence-electron chi connectivity index (χ1n) is 7.91. The molecule has 2 aromatic carbocycles. The molecule has 4 rings (SSSR count). The van der Waals surface area contributed by atoms with Crippen molar-refractivity contribution in [3.8, 4) is 0 Å². The summed E-state index contributed by atoms with van der Waals surface area (Å²) in [6.45, 7) is 4.04. The van der Waals surface area contributed by atoms with E-state index in [0.29, 0.717) is 0 Å². The number of rotatable bonds is 1. The first-order valence-corrected chi connectivity index (χ1v) is 9.10. The molecule has 5 heteroatoms. The molecule has 0 aromatic heterocycles. The molecule has 0 spiro atoms. The van der Waals surface area contributed by atoms with E-state index in [1.54, 1.807) is 23.9 Å². The number of piperazine rings is 1. The summed E-state index contributed by atoms with van der Waals surface area (Å²) in [7, 11) is 0. The molecule has 1 fully saturated rings. The van der Waals surface area contributed by atoms with Gasteiger partial charge in [0, 0.05) is 47.0 Å². The Morgan fingerprint density at radius 2 is 1.91 bits per heavy atom. The maximum absolute atomic E-state index is 13.8. The number of fused-ring (bicyclic) bond motifs is 2. The second kappa shape index (κ2) is 6.44. The summed E-state index contributed by atoms with van der Waals surface area (Å²) in [5.74, 6) is -0.173. The van der Waals surface area contributed by atoms with E-state index in [1.807, 2.05) is 12.1 Å². The smallest absolute Gasteiger partial charge is 0.124 e. The molecule has 2 nitrogen and oxygen atoms in total. The van der Waals surface area contributed by atoms with E-state index < -0.39 is 0 Å². The third-order valence-electron chi connectivity index (χ3n) is 4.58. The van der Waals surface area contributed by atoms with E-state index in [9.17, 15) is 4.39 Å². The lowest BCUT2D eigenvalue weighted by Crippen LogP contribution is -2.45. The van der Waals surface area contributed by atoms with Crippen molar-refractivity contribution in [1.82, 2.24) is 10.2 Å². The van der Waals surface area contributed by atoms with E-state index in [4.69, 9.17) is 11.6 Å². The lowest BCUT2D eigenvalue weighted by molar-refractivity contribution is 0.170. The van der Waals surface area contributed by atoms with E-state index in [1.165, 1.54) is 16.0 Å². The summed E-state index contributed by atoms with van der Waals surface area (Å²) >= 11 is 7.86. The van der Waals surface area contributed by atoms with Crippen molar-refractivity contribution in [2.45, 2.75) is 22.3 Å². The first-order chi connectivity index (χ1) is 11.2. The molecule has 0 aliphatic carbocycles. The Labute approximate surface area is 145 Å². The molecule has 0 amide bonds. The maximum Gasteiger partial charge on any atom is 0.124 e. The van der Waals surface area contributed by atoms with Gasteiger partial charge in [0.2, 0.25) is 0 Å². The molecule has 1 saturated heterocycles. The number of hydrogen-bond acceptors (Lipinski definition) is 3. The highest BCUT2D eigenvalue weighted by atomic mass is 35.5. The van der Waals surface area contributed by atoms with Crippen LogP contribution in [0.1, 0.15) is 17.2 Å². The van der Waals surface area contributed by atoms with Crippen molar-refractivity contribution < 1.29 is 4.39 Å². The van der Waals surface area contributed by atoms with Crippen LogP contribution in [0, 0.1) is 5.82 Å². The molecule has 0 radical (unpaired) electrons. The van der Waals surface area contributed by atoms with Gasteiger partial charge >= 0.3 is 0 Å². The normalized spacial score (nSPS) is 21.4. The Balaban J connectivity index is 1.80. The minimum atomic E-state index is -0.173. The molecule has 0 bridgehead atoms. The summed E-state index contributed by atoms with van der Waals surface area (Å²) < 4.78 is 13.8. The van der Waals surface area contributed by atoms with Crippen molar-refractivity contribution in [1.29, 1.82) is 0 Å². The van der Waals surface area contributed by atoms with Gasteiger partial charge in [-0.3, -0.25) is 4.90 Å². The maximum atomic E-state index is 13.8. The Hall–Kier alpha value is -1.07. The fraction of sp³-hybridized carbons (Fsp3) is 0.333. The first kappa shape index (κ1) is 15.5. The summed E-state index contributed by atoms with van der Waals surface area (Å²) in [6.07, 6.45) is 0.918. The third-order valence-corrected chi connectivity index (χ3v) is 6.01. The molecule has 2 heterocycles. The molecule has 120 valence electrons. The molecule has 1 N–H and O–H groups in total. The van der Waals surface area contributed by atoms with Gasteiger partial charge in [0.05, 0.1) is 0 Å². The van der Waals surface area contributed by atoms with Crippen LogP contribution in [0.5, 0.6) is 0 Å². The zero-order valence-electron chi connectivity index (χ0n) is 12.7. The van der Waals surface area contributed by atoms with Gasteiger partial charge in [0.1, 0.15) is 5.82 Å². The quantitative estimate of drug-likeness (QED) is 0.834. The van der Waals surface area contributed by atoms with Gasteiger partial charge in [-0.15, -0.1) is 0 Å². The molecule has 2 aliphatic heterocycles. The lowest BCUT2D eigenvalue weighted by Gasteiger charge is -2.35. The van der Waals surface area contributed by atoms with E-state index in [2.05, 4.69) is 22.3 Å². The van der Waals surface area contributed by atoms with Crippen LogP contribution in [0.3, 0.4) is 0 Å². The van der Waals surface area contributed by atoms with Gasteiger partial charge < -0.3 is 5.32 Å². The summed E-state index contributed by atoms with van der Waals surface area (Å²) in [6, 6.07) is 11.5. The van der Waals surface area contributed by atoms with E-state index >= 15 is 0 Å². The standard InChI is InChI=1S/C18H18ClFN2S/c19-13-1-4-17-12(9-13)10-16(22-7-5-21-6-8-22)15-3-2-14(20)11-18(15)23-17/h1-4,9,11,16,21H,5-8,10H2. The summed E-state index contributed by atoms with van der Waals surface area (Å²) in [4.78, 5) is 4.71. The van der Waals surface area contributed by atoms with Crippen LogP contribution >= 0.6 is 23.4 Å². The molecular weight excluding hydrogens is 331 g/mol. The highest BCUT2D eigenvalue weighted by Gasteiger charge is 2.28. The Kier molecular flexibility index (Phi) is 4.33. The Morgan fingerprint density at radius 3 is 2.74 bits per heavy atom. The van der Waals surface area contributed by atoms with Gasteiger partial charge in [-0.2, -0.15) is 0 Å². The summed E-state index contributed by atoms with van der Waals surface area (Å²) in [5.41, 5.74) is 2.48. The number of hydrogen-bond donors (Lipinski definition) is 1. The van der Waals surface area contributed by atoms with Gasteiger partial charge in [0.15, 0.2) is 0 Å². The van der Waals surface area contributed by atoms with Crippen LogP contribution in [0.15, 0.2) is 46.2 Å². The van der Waals surface area contributed by atoms with Crippen LogP contribution < -0.4 is 5.32 Å². The summed E-state index contributed by atoms with van der Waals surface area (Å²) in [5, 5.41) is 4.17. The topological polar surface area (TPSA) is 15.3 Å². The SMILES string of the molecule is Fc1ccc2c(c1)Sc1ccc(Cl)cc1CC2N1CCNCC1. The zero-order chi connectivity index (χ0) is 15.8. The average Bonchev–Trinajstić information content (AvgIpc) is 2.71.